The summed E-state index contributed by atoms with van der Waals surface area (Å²) in [6, 6.07) is 0. The normalized spacial score (nSPS) is 16.5. The smallest absolute Gasteiger partial charge is 0.247 e. The van der Waals surface area contributed by atoms with Crippen molar-refractivity contribution in [3.63, 3.8) is 0 Å². The molecule has 0 radical (unpaired) electrons. The molecule has 1 aliphatic heterocycles. The summed E-state index contributed by atoms with van der Waals surface area (Å²) in [6.07, 6.45) is 2.35. The van der Waals surface area contributed by atoms with E-state index in [0.717, 1.165) is 13.1 Å². The van der Waals surface area contributed by atoms with Gasteiger partial charge in [-0.3, -0.25) is 0 Å². The van der Waals surface area contributed by atoms with Crippen molar-refractivity contribution >= 4 is 23.4 Å². The Bertz CT molecular complexity index is 310. The third-order valence-electron chi connectivity index (χ3n) is 2.05. The number of nitrogens with zero attached hydrogens (tertiary/aromatic N) is 4. The van der Waals surface area contributed by atoms with Gasteiger partial charge in [0.2, 0.25) is 5.95 Å². The number of hydrogen-bond donors (Lipinski definition) is 1. The predicted octanol–water partition coefficient (Wildman–Crippen LogP) is 0.707. The Morgan fingerprint density at radius 1 is 1.23 bits per heavy atom. The molecule has 0 amide bonds. The summed E-state index contributed by atoms with van der Waals surface area (Å²) in [4.78, 5) is 6.11. The molecule has 0 aromatic carbocycles. The quantitative estimate of drug-likeness (QED) is 0.722. The minimum atomic E-state index is 0.169. The Hall–Kier alpha value is -1.10. The van der Waals surface area contributed by atoms with Crippen LogP contribution in [0.5, 0.6) is 0 Å². The maximum Gasteiger partial charge on any atom is 0.247 e. The Morgan fingerprint density at radius 3 is 2.54 bits per heavy atom. The summed E-state index contributed by atoms with van der Waals surface area (Å²) < 4.78 is 0. The molecule has 1 aliphatic rings. The van der Waals surface area contributed by atoms with Crippen molar-refractivity contribution in [1.82, 2.24) is 15.2 Å². The number of rotatable bonds is 1. The molecule has 0 spiro atoms. The lowest BCUT2D eigenvalue weighted by Gasteiger charge is -2.13. The Balaban J connectivity index is 2.25. The van der Waals surface area contributed by atoms with Crippen LogP contribution in [0.1, 0.15) is 12.8 Å². The third-order valence-corrected chi connectivity index (χ3v) is 2.32. The van der Waals surface area contributed by atoms with Crippen molar-refractivity contribution in [2.75, 3.05) is 23.7 Å². The molecule has 0 bridgehead atoms. The fraction of sp³-hybridized carbons (Fsp3) is 0.571. The monoisotopic (exact) mass is 199 g/mol. The van der Waals surface area contributed by atoms with Gasteiger partial charge in [-0.1, -0.05) is 11.6 Å². The average molecular weight is 200 g/mol. The molecule has 13 heavy (non-hydrogen) atoms. The van der Waals surface area contributed by atoms with Crippen molar-refractivity contribution in [1.29, 1.82) is 0 Å². The Labute approximate surface area is 80.9 Å². The molecular weight excluding hydrogens is 190 g/mol. The lowest BCUT2D eigenvalue weighted by molar-refractivity contribution is 0.854. The van der Waals surface area contributed by atoms with Crippen LogP contribution in [0.4, 0.5) is 11.8 Å². The van der Waals surface area contributed by atoms with Crippen LogP contribution in [0, 0.1) is 0 Å². The molecule has 2 heterocycles. The van der Waals surface area contributed by atoms with Crippen molar-refractivity contribution < 1.29 is 0 Å². The van der Waals surface area contributed by atoms with Gasteiger partial charge in [-0.15, -0.1) is 10.2 Å². The van der Waals surface area contributed by atoms with Gasteiger partial charge in [-0.25, -0.2) is 0 Å². The second-order valence-electron chi connectivity index (χ2n) is 2.98. The number of nitrogens with two attached hydrogens (primary N) is 1. The maximum atomic E-state index is 5.61. The van der Waals surface area contributed by atoms with Gasteiger partial charge < -0.3 is 10.6 Å². The summed E-state index contributed by atoms with van der Waals surface area (Å²) in [5.41, 5.74) is 5.52. The highest BCUT2D eigenvalue weighted by atomic mass is 35.5. The van der Waals surface area contributed by atoms with Crippen molar-refractivity contribution in [3.05, 3.63) is 5.15 Å². The number of anilines is 2. The van der Waals surface area contributed by atoms with Crippen LogP contribution < -0.4 is 10.6 Å². The van der Waals surface area contributed by atoms with E-state index in [9.17, 15) is 0 Å². The van der Waals surface area contributed by atoms with Gasteiger partial charge in [0.25, 0.3) is 0 Å². The van der Waals surface area contributed by atoms with E-state index in [1.54, 1.807) is 0 Å². The molecule has 2 rings (SSSR count). The first-order chi connectivity index (χ1) is 6.27. The molecule has 0 unspecified atom stereocenters. The molecule has 0 saturated carbocycles. The van der Waals surface area contributed by atoms with Crippen LogP contribution in [-0.2, 0) is 0 Å². The zero-order valence-corrected chi connectivity index (χ0v) is 7.83. The largest absolute Gasteiger partial charge is 0.381 e. The number of halogens is 1. The minimum absolute atomic E-state index is 0.169. The standard InChI is InChI=1S/C7H10ClN5/c8-5-6(9)10-7(12-11-5)13-3-1-2-4-13/h1-4H2,(H2,9,10,12). The van der Waals surface area contributed by atoms with E-state index in [-0.39, 0.29) is 11.0 Å². The number of hydrogen-bond acceptors (Lipinski definition) is 5. The number of nitrogen functional groups attached to an aromatic ring is 1. The van der Waals surface area contributed by atoms with E-state index in [4.69, 9.17) is 17.3 Å². The zero-order valence-electron chi connectivity index (χ0n) is 7.07. The van der Waals surface area contributed by atoms with Crippen LogP contribution in [0.3, 0.4) is 0 Å². The van der Waals surface area contributed by atoms with Crippen molar-refractivity contribution in [2.45, 2.75) is 12.8 Å². The summed E-state index contributed by atoms with van der Waals surface area (Å²) in [6.45, 7) is 1.95. The highest BCUT2D eigenvalue weighted by Gasteiger charge is 2.16. The lowest BCUT2D eigenvalue weighted by Crippen LogP contribution is -2.21. The summed E-state index contributed by atoms with van der Waals surface area (Å²) >= 11 is 5.61. The van der Waals surface area contributed by atoms with E-state index in [0.29, 0.717) is 5.95 Å². The fourth-order valence-corrected chi connectivity index (χ4v) is 1.45. The zero-order chi connectivity index (χ0) is 9.26. The molecule has 6 heteroatoms. The van der Waals surface area contributed by atoms with Crippen LogP contribution in [0.25, 0.3) is 0 Å². The van der Waals surface area contributed by atoms with Gasteiger partial charge in [0.15, 0.2) is 11.0 Å². The van der Waals surface area contributed by atoms with Crippen molar-refractivity contribution in [2.24, 2.45) is 0 Å². The maximum absolute atomic E-state index is 5.61. The molecule has 1 fully saturated rings. The highest BCUT2D eigenvalue weighted by molar-refractivity contribution is 6.31. The van der Waals surface area contributed by atoms with E-state index in [2.05, 4.69) is 20.1 Å². The molecule has 2 N–H and O–H groups in total. The molecule has 1 aromatic rings. The average Bonchev–Trinajstić information content (AvgIpc) is 2.62. The van der Waals surface area contributed by atoms with Crippen LogP contribution in [0.15, 0.2) is 0 Å². The Morgan fingerprint density at radius 2 is 1.92 bits per heavy atom. The summed E-state index contributed by atoms with van der Waals surface area (Å²) in [5, 5.41) is 7.75. The van der Waals surface area contributed by atoms with Crippen LogP contribution in [-0.4, -0.2) is 28.3 Å². The molecule has 1 saturated heterocycles. The molecular formula is C7H10ClN5. The van der Waals surface area contributed by atoms with Gasteiger partial charge >= 0.3 is 0 Å². The fourth-order valence-electron chi connectivity index (χ4n) is 1.37. The Kier molecular flexibility index (Phi) is 2.18. The van der Waals surface area contributed by atoms with E-state index < -0.39 is 0 Å². The SMILES string of the molecule is Nc1nc(N2CCCC2)nnc1Cl. The second-order valence-corrected chi connectivity index (χ2v) is 3.34. The third kappa shape index (κ3) is 1.65. The van der Waals surface area contributed by atoms with Gasteiger partial charge in [-0.05, 0) is 12.8 Å². The topological polar surface area (TPSA) is 67.9 Å². The van der Waals surface area contributed by atoms with Crippen LogP contribution in [0.2, 0.25) is 5.15 Å². The van der Waals surface area contributed by atoms with Crippen molar-refractivity contribution in [3.8, 4) is 0 Å². The molecule has 5 nitrogen and oxygen atoms in total. The second kappa shape index (κ2) is 3.33. The summed E-state index contributed by atoms with van der Waals surface area (Å²) in [5.74, 6) is 0.831. The van der Waals surface area contributed by atoms with Gasteiger partial charge in [0.05, 0.1) is 0 Å². The predicted molar refractivity (Wildman–Crippen MR) is 50.7 cm³/mol. The van der Waals surface area contributed by atoms with E-state index in [1.165, 1.54) is 12.8 Å². The van der Waals surface area contributed by atoms with Gasteiger partial charge in [0, 0.05) is 13.1 Å². The molecule has 0 atom stereocenters. The first-order valence-corrected chi connectivity index (χ1v) is 4.56. The minimum Gasteiger partial charge on any atom is -0.381 e. The molecule has 70 valence electrons. The van der Waals surface area contributed by atoms with Gasteiger partial charge in [-0.2, -0.15) is 4.98 Å². The molecule has 0 aliphatic carbocycles. The first-order valence-electron chi connectivity index (χ1n) is 4.18. The summed E-state index contributed by atoms with van der Waals surface area (Å²) in [7, 11) is 0. The first kappa shape index (κ1) is 8.50. The number of aromatic nitrogens is 3. The van der Waals surface area contributed by atoms with Crippen LogP contribution >= 0.6 is 11.6 Å². The van der Waals surface area contributed by atoms with E-state index >= 15 is 0 Å². The highest BCUT2D eigenvalue weighted by Crippen LogP contribution is 2.18. The van der Waals surface area contributed by atoms with E-state index in [1.807, 2.05) is 0 Å². The molecule has 1 aromatic heterocycles. The lowest BCUT2D eigenvalue weighted by atomic mass is 10.4. The van der Waals surface area contributed by atoms with Gasteiger partial charge in [0.1, 0.15) is 0 Å².